The van der Waals surface area contributed by atoms with E-state index in [2.05, 4.69) is 10.6 Å². The van der Waals surface area contributed by atoms with E-state index in [0.29, 0.717) is 44.2 Å². The molecule has 2 aliphatic carbocycles. The van der Waals surface area contributed by atoms with Gasteiger partial charge in [0.15, 0.2) is 9.84 Å². The number of sulfone groups is 1. The number of hydrogen-bond acceptors (Lipinski definition) is 9. The van der Waals surface area contributed by atoms with Gasteiger partial charge in [-0.2, -0.15) is 0 Å². The number of benzene rings is 1. The summed E-state index contributed by atoms with van der Waals surface area (Å²) in [7, 11) is -4.08. The third-order valence-electron chi connectivity index (χ3n) is 10.9. The second-order valence-electron chi connectivity index (χ2n) is 15.1. The van der Waals surface area contributed by atoms with Crippen molar-refractivity contribution in [2.75, 3.05) is 32.1 Å². The van der Waals surface area contributed by atoms with Crippen LogP contribution in [-0.2, 0) is 35.4 Å². The average molecular weight is 746 g/mol. The van der Waals surface area contributed by atoms with E-state index in [9.17, 15) is 33.0 Å². The van der Waals surface area contributed by atoms with Gasteiger partial charge in [0, 0.05) is 36.7 Å². The Morgan fingerprint density at radius 1 is 0.961 bits per heavy atom. The first-order valence-electron chi connectivity index (χ1n) is 18.5. The summed E-state index contributed by atoms with van der Waals surface area (Å²) in [6.07, 6.45) is 5.53. The lowest BCUT2D eigenvalue weighted by atomic mass is 9.82. The Morgan fingerprint density at radius 3 is 2.27 bits per heavy atom. The quantitative estimate of drug-likeness (QED) is 0.191. The maximum Gasteiger partial charge on any atom is 0.243 e. The lowest BCUT2D eigenvalue weighted by Gasteiger charge is -2.34. The highest BCUT2D eigenvalue weighted by Crippen LogP contribution is 2.36. The Morgan fingerprint density at radius 2 is 1.65 bits per heavy atom. The molecule has 13 heteroatoms. The van der Waals surface area contributed by atoms with E-state index >= 15 is 0 Å². The highest BCUT2D eigenvalue weighted by Gasteiger charge is 2.46. The van der Waals surface area contributed by atoms with Crippen molar-refractivity contribution in [3.8, 4) is 0 Å². The molecule has 5 atom stereocenters. The van der Waals surface area contributed by atoms with Crippen molar-refractivity contribution in [1.29, 1.82) is 0 Å². The van der Waals surface area contributed by atoms with Crippen LogP contribution in [0.1, 0.15) is 88.0 Å². The van der Waals surface area contributed by atoms with Crippen molar-refractivity contribution >= 4 is 38.9 Å². The van der Waals surface area contributed by atoms with Crippen LogP contribution in [0.2, 0.25) is 0 Å². The topological polar surface area (TPSA) is 162 Å². The van der Waals surface area contributed by atoms with E-state index in [1.807, 2.05) is 17.5 Å². The van der Waals surface area contributed by atoms with Crippen LogP contribution in [0.15, 0.2) is 47.8 Å². The number of ether oxygens (including phenoxy) is 1. The van der Waals surface area contributed by atoms with Crippen molar-refractivity contribution < 1.29 is 37.8 Å². The minimum atomic E-state index is -4.08. The first kappa shape index (κ1) is 39.4. The molecule has 1 saturated heterocycles. The molecule has 5 rings (SSSR count). The molecule has 0 bridgehead atoms. The Bertz CT molecular complexity index is 1540. The highest BCUT2D eigenvalue weighted by atomic mass is 32.2. The van der Waals surface area contributed by atoms with Crippen molar-refractivity contribution in [3.63, 3.8) is 0 Å². The number of morpholine rings is 1. The monoisotopic (exact) mass is 745 g/mol. The summed E-state index contributed by atoms with van der Waals surface area (Å²) in [6, 6.07) is 11.0. The number of aliphatic hydroxyl groups is 2. The molecule has 282 valence electrons. The van der Waals surface area contributed by atoms with Gasteiger partial charge in [0.05, 0.1) is 31.1 Å². The van der Waals surface area contributed by atoms with E-state index in [0.717, 1.165) is 43.4 Å². The molecule has 0 spiro atoms. The molecule has 4 N–H and O–H groups in total. The van der Waals surface area contributed by atoms with Crippen LogP contribution in [0.4, 0.5) is 0 Å². The SMILES string of the molecule is CC(C)(C(=O)N1CCOCC1)S(=O)(=O)CC(CC(=O)NC(Cc1cccs1)C(=O)N[C@@H](CC1CCCCC1)[C@@H](O)[C@@H](O)C1CC1)c1ccccc1. The number of carbonyl (C=O) groups excluding carboxylic acids is 3. The van der Waals surface area contributed by atoms with E-state index in [-0.39, 0.29) is 18.8 Å². The first-order valence-corrected chi connectivity index (χ1v) is 21.0. The van der Waals surface area contributed by atoms with E-state index in [1.54, 1.807) is 30.3 Å². The summed E-state index contributed by atoms with van der Waals surface area (Å²) in [5, 5.41) is 30.0. The fraction of sp³-hybridized carbons (Fsp3) is 0.658. The van der Waals surface area contributed by atoms with Crippen molar-refractivity contribution in [3.05, 3.63) is 58.3 Å². The molecule has 1 aromatic carbocycles. The zero-order valence-corrected chi connectivity index (χ0v) is 31.5. The number of thiophene rings is 1. The van der Waals surface area contributed by atoms with Gasteiger partial charge in [-0.25, -0.2) is 8.42 Å². The second kappa shape index (κ2) is 17.8. The lowest BCUT2D eigenvalue weighted by molar-refractivity contribution is -0.137. The van der Waals surface area contributed by atoms with E-state index < -0.39 is 68.3 Å². The van der Waals surface area contributed by atoms with Gasteiger partial charge >= 0.3 is 0 Å². The molecule has 0 radical (unpaired) electrons. The highest BCUT2D eigenvalue weighted by molar-refractivity contribution is 7.93. The van der Waals surface area contributed by atoms with E-state index in [1.165, 1.54) is 36.5 Å². The molecule has 2 saturated carbocycles. The number of rotatable bonds is 17. The first-order chi connectivity index (χ1) is 24.4. The van der Waals surface area contributed by atoms with Gasteiger partial charge in [-0.3, -0.25) is 14.4 Å². The number of nitrogens with one attached hydrogen (secondary N) is 2. The van der Waals surface area contributed by atoms with Gasteiger partial charge < -0.3 is 30.5 Å². The number of hydrogen-bond donors (Lipinski definition) is 4. The smallest absolute Gasteiger partial charge is 0.243 e. The summed E-state index contributed by atoms with van der Waals surface area (Å²) in [4.78, 5) is 43.8. The minimum absolute atomic E-state index is 0.0210. The van der Waals surface area contributed by atoms with Gasteiger partial charge in [0.2, 0.25) is 17.7 Å². The predicted molar refractivity (Wildman–Crippen MR) is 197 cm³/mol. The van der Waals surface area contributed by atoms with Crippen LogP contribution in [0, 0.1) is 11.8 Å². The summed E-state index contributed by atoms with van der Waals surface area (Å²) in [5.41, 5.74) is 0.634. The lowest BCUT2D eigenvalue weighted by Crippen LogP contribution is -2.56. The normalized spacial score (nSPS) is 20.5. The van der Waals surface area contributed by atoms with Crippen LogP contribution in [0.25, 0.3) is 0 Å². The molecule has 51 heavy (non-hydrogen) atoms. The van der Waals surface area contributed by atoms with Crippen molar-refractivity contribution in [2.24, 2.45) is 11.8 Å². The van der Waals surface area contributed by atoms with Crippen molar-refractivity contribution in [2.45, 2.75) is 113 Å². The fourth-order valence-corrected chi connectivity index (χ4v) is 9.78. The zero-order chi connectivity index (χ0) is 36.6. The molecular formula is C38H55N3O8S2. The van der Waals surface area contributed by atoms with Crippen LogP contribution in [0.5, 0.6) is 0 Å². The fourth-order valence-electron chi connectivity index (χ4n) is 7.37. The van der Waals surface area contributed by atoms with Gasteiger partial charge in [-0.15, -0.1) is 11.3 Å². The number of amides is 3. The van der Waals surface area contributed by atoms with Gasteiger partial charge in [0.25, 0.3) is 0 Å². The molecular weight excluding hydrogens is 691 g/mol. The average Bonchev–Trinajstić information content (AvgIpc) is 3.86. The molecule has 1 aliphatic heterocycles. The predicted octanol–water partition coefficient (Wildman–Crippen LogP) is 3.59. The largest absolute Gasteiger partial charge is 0.390 e. The van der Waals surface area contributed by atoms with E-state index in [4.69, 9.17) is 4.74 Å². The van der Waals surface area contributed by atoms with Crippen molar-refractivity contribution in [1.82, 2.24) is 15.5 Å². The Balaban J connectivity index is 1.33. The third kappa shape index (κ3) is 10.6. The maximum atomic E-state index is 14.1. The van der Waals surface area contributed by atoms with Crippen LogP contribution >= 0.6 is 11.3 Å². The second-order valence-corrected chi connectivity index (χ2v) is 18.7. The van der Waals surface area contributed by atoms with Gasteiger partial charge in [0.1, 0.15) is 16.9 Å². The number of nitrogens with zero attached hydrogens (tertiary/aromatic N) is 1. The molecule has 2 heterocycles. The molecule has 3 amide bonds. The number of carbonyl (C=O) groups is 3. The molecule has 2 unspecified atom stereocenters. The Kier molecular flexibility index (Phi) is 13.7. The zero-order valence-electron chi connectivity index (χ0n) is 29.9. The van der Waals surface area contributed by atoms with Gasteiger partial charge in [-0.05, 0) is 62.0 Å². The molecule has 11 nitrogen and oxygen atoms in total. The molecule has 1 aromatic heterocycles. The van der Waals surface area contributed by atoms with Crippen LogP contribution in [0.3, 0.4) is 0 Å². The van der Waals surface area contributed by atoms with Crippen LogP contribution < -0.4 is 10.6 Å². The third-order valence-corrected chi connectivity index (χ3v) is 14.3. The molecule has 3 fully saturated rings. The summed E-state index contributed by atoms with van der Waals surface area (Å²) >= 11 is 1.46. The summed E-state index contributed by atoms with van der Waals surface area (Å²) in [6.45, 7) is 4.15. The Labute approximate surface area is 306 Å². The summed E-state index contributed by atoms with van der Waals surface area (Å²) in [5.74, 6) is -2.34. The minimum Gasteiger partial charge on any atom is -0.390 e. The Hall–Kier alpha value is -2.84. The standard InChI is InChI=1S/C38H55N3O8S2/c1-38(2,37(46)41-17-19-49-20-18-41)51(47,48)25-29(27-12-7-4-8-13-27)23-33(42)39-32(24-30-14-9-21-50-30)36(45)40-31(22-26-10-5-3-6-11-26)35(44)34(43)28-15-16-28/h4,7-9,12-14,21,26,28-29,31-32,34-35,43-44H,3,5-6,10-11,15-20,22-25H2,1-2H3,(H,39,42)(H,40,45)/t29?,31-,32?,34-,35+/m0/s1. The maximum absolute atomic E-state index is 14.1. The molecule has 3 aliphatic rings. The number of aliphatic hydroxyl groups excluding tert-OH is 2. The van der Waals surface area contributed by atoms with Gasteiger partial charge in [-0.1, -0.05) is 68.5 Å². The molecule has 2 aromatic rings. The van der Waals surface area contributed by atoms with Crippen LogP contribution in [-0.4, -0.2) is 102 Å². The summed E-state index contributed by atoms with van der Waals surface area (Å²) < 4.78 is 31.6.